The second-order valence-electron chi connectivity index (χ2n) is 6.55. The molecule has 0 aromatic heterocycles. The second kappa shape index (κ2) is 7.66. The molecule has 0 unspecified atom stereocenters. The van der Waals surface area contributed by atoms with E-state index < -0.39 is 0 Å². The molecule has 1 aromatic rings. The molecular formula is C18H25N3O3. The first-order valence-corrected chi connectivity index (χ1v) is 8.72. The number of anilines is 1. The van der Waals surface area contributed by atoms with Gasteiger partial charge in [0, 0.05) is 37.8 Å². The molecule has 6 nitrogen and oxygen atoms in total. The maximum atomic E-state index is 12.6. The normalized spacial score (nSPS) is 24.3. The highest BCUT2D eigenvalue weighted by Gasteiger charge is 2.34. The summed E-state index contributed by atoms with van der Waals surface area (Å²) in [5.41, 5.74) is 0.871. The van der Waals surface area contributed by atoms with Gasteiger partial charge in [0.25, 0.3) is 0 Å². The molecule has 0 bridgehead atoms. The number of benzene rings is 1. The van der Waals surface area contributed by atoms with Crippen LogP contribution in [0.3, 0.4) is 0 Å². The molecule has 0 radical (unpaired) electrons. The summed E-state index contributed by atoms with van der Waals surface area (Å²) in [5, 5.41) is 12.2. The molecule has 2 fully saturated rings. The Morgan fingerprint density at radius 3 is 2.79 bits per heavy atom. The predicted octanol–water partition coefficient (Wildman–Crippen LogP) is 1.74. The van der Waals surface area contributed by atoms with Gasteiger partial charge in [0.15, 0.2) is 0 Å². The highest BCUT2D eigenvalue weighted by Crippen LogP contribution is 2.23. The Labute approximate surface area is 142 Å². The third-order valence-corrected chi connectivity index (χ3v) is 4.87. The number of likely N-dealkylation sites (tertiary alicyclic amines) is 1. The number of rotatable bonds is 4. The fraction of sp³-hybridized carbons (Fsp3) is 0.556. The van der Waals surface area contributed by atoms with Gasteiger partial charge in [0.1, 0.15) is 0 Å². The lowest BCUT2D eigenvalue weighted by Gasteiger charge is -2.36. The van der Waals surface area contributed by atoms with Crippen LogP contribution >= 0.6 is 0 Å². The zero-order valence-corrected chi connectivity index (χ0v) is 13.9. The molecule has 0 saturated carbocycles. The SMILES string of the molecule is O=C1C[C@H](NC(=O)N2CCCC[C@H]2CCO)CN1c1ccccc1. The maximum absolute atomic E-state index is 12.6. The van der Waals surface area contributed by atoms with Crippen molar-refractivity contribution in [2.45, 2.75) is 44.2 Å². The number of aliphatic hydroxyl groups excluding tert-OH is 1. The van der Waals surface area contributed by atoms with E-state index in [1.54, 1.807) is 4.90 Å². The highest BCUT2D eigenvalue weighted by atomic mass is 16.3. The minimum absolute atomic E-state index is 0.0389. The molecule has 2 atom stereocenters. The Bertz CT molecular complexity index is 576. The second-order valence-corrected chi connectivity index (χ2v) is 6.55. The van der Waals surface area contributed by atoms with Gasteiger partial charge < -0.3 is 20.2 Å². The molecule has 2 aliphatic heterocycles. The number of hydrogen-bond donors (Lipinski definition) is 2. The first-order valence-electron chi connectivity index (χ1n) is 8.72. The van der Waals surface area contributed by atoms with Gasteiger partial charge in [-0.2, -0.15) is 0 Å². The van der Waals surface area contributed by atoms with Gasteiger partial charge in [-0.25, -0.2) is 4.79 Å². The number of amides is 3. The summed E-state index contributed by atoms with van der Waals surface area (Å²) in [4.78, 5) is 28.4. The minimum Gasteiger partial charge on any atom is -0.396 e. The van der Waals surface area contributed by atoms with E-state index in [0.717, 1.165) is 31.5 Å². The van der Waals surface area contributed by atoms with E-state index in [1.807, 2.05) is 35.2 Å². The molecule has 2 aliphatic rings. The molecule has 6 heteroatoms. The number of para-hydroxylation sites is 1. The van der Waals surface area contributed by atoms with Crippen LogP contribution in [-0.2, 0) is 4.79 Å². The van der Waals surface area contributed by atoms with Gasteiger partial charge in [-0.1, -0.05) is 18.2 Å². The zero-order chi connectivity index (χ0) is 16.9. The van der Waals surface area contributed by atoms with E-state index in [4.69, 9.17) is 0 Å². The van der Waals surface area contributed by atoms with Crippen molar-refractivity contribution in [3.63, 3.8) is 0 Å². The lowest BCUT2D eigenvalue weighted by atomic mass is 10.00. The molecule has 2 N–H and O–H groups in total. The first kappa shape index (κ1) is 16.8. The average Bonchev–Trinajstić information content (AvgIpc) is 2.96. The Hall–Kier alpha value is -2.08. The van der Waals surface area contributed by atoms with Crippen LogP contribution in [0.2, 0.25) is 0 Å². The van der Waals surface area contributed by atoms with Crippen LogP contribution in [0.25, 0.3) is 0 Å². The van der Waals surface area contributed by atoms with E-state index in [9.17, 15) is 14.7 Å². The van der Waals surface area contributed by atoms with Crippen molar-refractivity contribution >= 4 is 17.6 Å². The third kappa shape index (κ3) is 3.70. The van der Waals surface area contributed by atoms with E-state index in [2.05, 4.69) is 5.32 Å². The Morgan fingerprint density at radius 1 is 1.25 bits per heavy atom. The molecular weight excluding hydrogens is 306 g/mol. The summed E-state index contributed by atoms with van der Waals surface area (Å²) in [5.74, 6) is 0.0389. The lowest BCUT2D eigenvalue weighted by Crippen LogP contribution is -2.52. The molecule has 2 saturated heterocycles. The lowest BCUT2D eigenvalue weighted by molar-refractivity contribution is -0.117. The van der Waals surface area contributed by atoms with E-state index in [0.29, 0.717) is 19.4 Å². The predicted molar refractivity (Wildman–Crippen MR) is 91.8 cm³/mol. The van der Waals surface area contributed by atoms with Crippen molar-refractivity contribution < 1.29 is 14.7 Å². The topological polar surface area (TPSA) is 72.9 Å². The van der Waals surface area contributed by atoms with Crippen LogP contribution in [0.4, 0.5) is 10.5 Å². The van der Waals surface area contributed by atoms with Crippen LogP contribution in [0, 0.1) is 0 Å². The van der Waals surface area contributed by atoms with E-state index >= 15 is 0 Å². The summed E-state index contributed by atoms with van der Waals surface area (Å²) < 4.78 is 0. The number of nitrogens with one attached hydrogen (secondary N) is 1. The minimum atomic E-state index is -0.165. The van der Waals surface area contributed by atoms with Crippen molar-refractivity contribution in [1.29, 1.82) is 0 Å². The largest absolute Gasteiger partial charge is 0.396 e. The third-order valence-electron chi connectivity index (χ3n) is 4.87. The fourth-order valence-electron chi connectivity index (χ4n) is 3.64. The van der Waals surface area contributed by atoms with Crippen molar-refractivity contribution in [2.24, 2.45) is 0 Å². The molecule has 3 amide bonds. The van der Waals surface area contributed by atoms with Crippen molar-refractivity contribution in [3.05, 3.63) is 30.3 Å². The standard InChI is InChI=1S/C18H25N3O3/c22-11-9-16-8-4-5-10-20(16)18(24)19-14-12-17(23)21(13-14)15-6-2-1-3-7-15/h1-3,6-7,14,16,22H,4-5,8-13H2,(H,19,24)/t14-,16-/m0/s1. The molecule has 130 valence electrons. The summed E-state index contributed by atoms with van der Waals surface area (Å²) >= 11 is 0. The highest BCUT2D eigenvalue weighted by molar-refractivity contribution is 5.96. The maximum Gasteiger partial charge on any atom is 0.317 e. The summed E-state index contributed by atoms with van der Waals surface area (Å²) in [6.45, 7) is 1.32. The van der Waals surface area contributed by atoms with Crippen LogP contribution < -0.4 is 10.2 Å². The molecule has 1 aromatic carbocycles. The number of nitrogens with zero attached hydrogens (tertiary/aromatic N) is 2. The smallest absolute Gasteiger partial charge is 0.317 e. The van der Waals surface area contributed by atoms with Crippen molar-refractivity contribution in [3.8, 4) is 0 Å². The number of urea groups is 1. The van der Waals surface area contributed by atoms with Gasteiger partial charge in [0.2, 0.25) is 5.91 Å². The quantitative estimate of drug-likeness (QED) is 0.883. The monoisotopic (exact) mass is 331 g/mol. The van der Waals surface area contributed by atoms with Crippen molar-refractivity contribution in [2.75, 3.05) is 24.6 Å². The van der Waals surface area contributed by atoms with Gasteiger partial charge in [0.05, 0.1) is 6.04 Å². The fourth-order valence-corrected chi connectivity index (χ4v) is 3.64. The molecule has 3 rings (SSSR count). The zero-order valence-electron chi connectivity index (χ0n) is 13.9. The number of hydrogen-bond acceptors (Lipinski definition) is 3. The number of carbonyl (C=O) groups is 2. The Kier molecular flexibility index (Phi) is 5.35. The Balaban J connectivity index is 1.60. The van der Waals surface area contributed by atoms with Crippen LogP contribution in [0.1, 0.15) is 32.1 Å². The first-order chi connectivity index (χ1) is 11.7. The van der Waals surface area contributed by atoms with Crippen LogP contribution in [0.15, 0.2) is 30.3 Å². The number of piperidine rings is 1. The van der Waals surface area contributed by atoms with Crippen molar-refractivity contribution in [1.82, 2.24) is 10.2 Å². The van der Waals surface area contributed by atoms with Crippen LogP contribution in [0.5, 0.6) is 0 Å². The van der Waals surface area contributed by atoms with Gasteiger partial charge in [-0.3, -0.25) is 4.79 Å². The Morgan fingerprint density at radius 2 is 2.04 bits per heavy atom. The molecule has 2 heterocycles. The molecule has 24 heavy (non-hydrogen) atoms. The van der Waals surface area contributed by atoms with E-state index in [1.165, 1.54) is 0 Å². The average molecular weight is 331 g/mol. The summed E-state index contributed by atoms with van der Waals surface area (Å²) in [6.07, 6.45) is 3.98. The van der Waals surface area contributed by atoms with Gasteiger partial charge in [-0.05, 0) is 37.8 Å². The van der Waals surface area contributed by atoms with Crippen LogP contribution in [-0.4, -0.2) is 53.7 Å². The van der Waals surface area contributed by atoms with E-state index in [-0.39, 0.29) is 30.6 Å². The summed E-state index contributed by atoms with van der Waals surface area (Å²) in [7, 11) is 0. The van der Waals surface area contributed by atoms with Gasteiger partial charge >= 0.3 is 6.03 Å². The molecule has 0 spiro atoms. The number of aliphatic hydroxyl groups is 1. The number of carbonyl (C=O) groups excluding carboxylic acids is 2. The molecule has 0 aliphatic carbocycles. The summed E-state index contributed by atoms with van der Waals surface area (Å²) in [6, 6.07) is 9.37. The van der Waals surface area contributed by atoms with Gasteiger partial charge in [-0.15, -0.1) is 0 Å².